The molecule has 4 heteroatoms. The first kappa shape index (κ1) is 19.8. The summed E-state index contributed by atoms with van der Waals surface area (Å²) in [5.41, 5.74) is 3.79. The fourth-order valence-electron chi connectivity index (χ4n) is 3.67. The van der Waals surface area contributed by atoms with Crippen molar-refractivity contribution in [1.82, 2.24) is 5.32 Å². The highest BCUT2D eigenvalue weighted by Crippen LogP contribution is 2.34. The highest BCUT2D eigenvalue weighted by Gasteiger charge is 2.28. The van der Waals surface area contributed by atoms with E-state index in [9.17, 15) is 4.79 Å². The average Bonchev–Trinajstić information content (AvgIpc) is 3.51. The Bertz CT molecular complexity index is 819. The zero-order valence-corrected chi connectivity index (χ0v) is 17.7. The quantitative estimate of drug-likeness (QED) is 0.694. The van der Waals surface area contributed by atoms with Gasteiger partial charge in [-0.2, -0.15) is 0 Å². The summed E-state index contributed by atoms with van der Waals surface area (Å²) in [7, 11) is 0. The number of nitrogens with one attached hydrogen (secondary N) is 1. The van der Waals surface area contributed by atoms with E-state index in [4.69, 9.17) is 4.74 Å². The molecule has 2 fully saturated rings. The first-order valence-corrected chi connectivity index (χ1v) is 10.9. The van der Waals surface area contributed by atoms with Gasteiger partial charge in [0.1, 0.15) is 5.75 Å². The van der Waals surface area contributed by atoms with Gasteiger partial charge in [0.2, 0.25) is 5.91 Å². The third kappa shape index (κ3) is 4.92. The van der Waals surface area contributed by atoms with E-state index >= 15 is 0 Å². The minimum Gasteiger partial charge on any atom is -0.493 e. The van der Waals surface area contributed by atoms with E-state index in [1.54, 1.807) is 0 Å². The summed E-state index contributed by atoms with van der Waals surface area (Å²) in [6.45, 7) is 8.83. The zero-order valence-electron chi connectivity index (χ0n) is 17.7. The second kappa shape index (κ2) is 8.48. The van der Waals surface area contributed by atoms with Crippen LogP contribution >= 0.6 is 0 Å². The third-order valence-corrected chi connectivity index (χ3v) is 6.06. The molecule has 0 radical (unpaired) electrons. The van der Waals surface area contributed by atoms with Crippen LogP contribution in [0.4, 0.5) is 5.69 Å². The fraction of sp³-hybridized carbons (Fsp3) is 0.480. The Morgan fingerprint density at radius 2 is 1.69 bits per heavy atom. The number of amides is 1. The Labute approximate surface area is 174 Å². The van der Waals surface area contributed by atoms with Crippen molar-refractivity contribution in [3.05, 3.63) is 59.7 Å². The van der Waals surface area contributed by atoms with Crippen LogP contribution in [-0.2, 0) is 4.79 Å². The Hall–Kier alpha value is -2.49. The summed E-state index contributed by atoms with van der Waals surface area (Å²) in [6, 6.07) is 17.3. The van der Waals surface area contributed by atoms with E-state index in [-0.39, 0.29) is 17.9 Å². The monoisotopic (exact) mass is 392 g/mol. The van der Waals surface area contributed by atoms with Crippen LogP contribution < -0.4 is 15.0 Å². The normalized spacial score (nSPS) is 17.7. The van der Waals surface area contributed by atoms with Crippen molar-refractivity contribution < 1.29 is 9.53 Å². The molecular formula is C25H32N2O2. The van der Waals surface area contributed by atoms with Gasteiger partial charge in [0, 0.05) is 30.6 Å². The maximum atomic E-state index is 11.9. The first-order valence-electron chi connectivity index (χ1n) is 10.9. The van der Waals surface area contributed by atoms with Crippen molar-refractivity contribution in [3.63, 3.8) is 0 Å². The van der Waals surface area contributed by atoms with Gasteiger partial charge in [0.05, 0.1) is 12.6 Å². The smallest absolute Gasteiger partial charge is 0.223 e. The second-order valence-corrected chi connectivity index (χ2v) is 8.90. The van der Waals surface area contributed by atoms with Gasteiger partial charge in [-0.3, -0.25) is 4.79 Å². The topological polar surface area (TPSA) is 41.6 Å². The van der Waals surface area contributed by atoms with Crippen LogP contribution in [0, 0.1) is 11.8 Å². The lowest BCUT2D eigenvalue weighted by Gasteiger charge is -2.41. The molecule has 0 unspecified atom stereocenters. The maximum absolute atomic E-state index is 11.9. The fourth-order valence-corrected chi connectivity index (χ4v) is 3.67. The number of carbonyl (C=O) groups is 1. The summed E-state index contributed by atoms with van der Waals surface area (Å²) in [4.78, 5) is 14.3. The minimum absolute atomic E-state index is 0.0107. The van der Waals surface area contributed by atoms with Crippen molar-refractivity contribution in [2.45, 2.75) is 45.6 Å². The molecule has 4 rings (SSSR count). The summed E-state index contributed by atoms with van der Waals surface area (Å²) in [5, 5.41) is 3.07. The number of hydrogen-bond acceptors (Lipinski definition) is 3. The molecule has 0 spiro atoms. The van der Waals surface area contributed by atoms with E-state index in [0.29, 0.717) is 5.92 Å². The largest absolute Gasteiger partial charge is 0.493 e. The minimum atomic E-state index is 0.0107. The van der Waals surface area contributed by atoms with Gasteiger partial charge in [-0.15, -0.1) is 0 Å². The molecule has 1 aliphatic carbocycles. The number of ether oxygens (including phenoxy) is 1. The molecule has 0 bridgehead atoms. The molecule has 1 N–H and O–H groups in total. The molecule has 1 saturated heterocycles. The van der Waals surface area contributed by atoms with E-state index in [0.717, 1.165) is 36.9 Å². The predicted octanol–water partition coefficient (Wildman–Crippen LogP) is 4.91. The van der Waals surface area contributed by atoms with E-state index in [2.05, 4.69) is 58.7 Å². The molecule has 1 heterocycles. The summed E-state index contributed by atoms with van der Waals surface area (Å²) in [6.07, 6.45) is 2.64. The summed E-state index contributed by atoms with van der Waals surface area (Å²) in [5.74, 6) is 2.44. The van der Waals surface area contributed by atoms with E-state index in [1.807, 2.05) is 20.8 Å². The number of benzene rings is 2. The Morgan fingerprint density at radius 3 is 2.28 bits per heavy atom. The van der Waals surface area contributed by atoms with Crippen LogP contribution in [0.3, 0.4) is 0 Å². The van der Waals surface area contributed by atoms with E-state index < -0.39 is 0 Å². The highest BCUT2D eigenvalue weighted by molar-refractivity contribution is 5.78. The molecule has 2 aliphatic rings. The Morgan fingerprint density at radius 1 is 1.03 bits per heavy atom. The number of carbonyl (C=O) groups excluding carboxylic acids is 1. The van der Waals surface area contributed by atoms with Crippen LogP contribution in [0.25, 0.3) is 0 Å². The van der Waals surface area contributed by atoms with Crippen LogP contribution in [0.15, 0.2) is 48.5 Å². The molecule has 1 saturated carbocycles. The van der Waals surface area contributed by atoms with Crippen molar-refractivity contribution >= 4 is 11.6 Å². The number of anilines is 1. The maximum Gasteiger partial charge on any atom is 0.223 e. The molecule has 154 valence electrons. The molecule has 1 amide bonds. The standard InChI is InChI=1S/C25H32N2O2/c1-17(2)25(28)26-18(3)20-6-8-21(9-7-20)22-14-27(15-22)23-10-12-24(13-11-23)29-16-19-4-5-19/h6-13,17-19,22H,4-5,14-16H2,1-3H3,(H,26,28)/t18-/m0/s1. The van der Waals surface area contributed by atoms with Gasteiger partial charge in [0.25, 0.3) is 0 Å². The lowest BCUT2D eigenvalue weighted by molar-refractivity contribution is -0.124. The van der Waals surface area contributed by atoms with E-state index in [1.165, 1.54) is 24.1 Å². The lowest BCUT2D eigenvalue weighted by Crippen LogP contribution is -2.45. The van der Waals surface area contributed by atoms with Crippen molar-refractivity contribution in [2.75, 3.05) is 24.6 Å². The number of nitrogens with zero attached hydrogens (tertiary/aromatic N) is 1. The van der Waals surface area contributed by atoms with Crippen molar-refractivity contribution in [2.24, 2.45) is 11.8 Å². The SMILES string of the molecule is CC(C)C(=O)N[C@@H](C)c1ccc(C2CN(c3ccc(OCC4CC4)cc3)C2)cc1. The van der Waals surface area contributed by atoms with Gasteiger partial charge < -0.3 is 15.0 Å². The Balaban J connectivity index is 1.27. The highest BCUT2D eigenvalue weighted by atomic mass is 16.5. The molecule has 4 nitrogen and oxygen atoms in total. The summed E-state index contributed by atoms with van der Waals surface area (Å²) >= 11 is 0. The number of hydrogen-bond donors (Lipinski definition) is 1. The molecule has 1 atom stereocenters. The van der Waals surface area contributed by atoms with Gasteiger partial charge in [0.15, 0.2) is 0 Å². The molecule has 2 aromatic carbocycles. The molecule has 1 aliphatic heterocycles. The van der Waals surface area contributed by atoms with Crippen LogP contribution in [0.5, 0.6) is 5.75 Å². The molecular weight excluding hydrogens is 360 g/mol. The zero-order chi connectivity index (χ0) is 20.4. The molecule has 29 heavy (non-hydrogen) atoms. The Kier molecular flexibility index (Phi) is 5.79. The van der Waals surface area contributed by atoms with Gasteiger partial charge in [-0.25, -0.2) is 0 Å². The first-order chi connectivity index (χ1) is 14.0. The van der Waals surface area contributed by atoms with Gasteiger partial charge >= 0.3 is 0 Å². The third-order valence-electron chi connectivity index (χ3n) is 6.06. The van der Waals surface area contributed by atoms with Gasteiger partial charge in [-0.05, 0) is 61.1 Å². The summed E-state index contributed by atoms with van der Waals surface area (Å²) < 4.78 is 5.83. The van der Waals surface area contributed by atoms with Crippen molar-refractivity contribution in [3.8, 4) is 5.75 Å². The molecule has 2 aromatic rings. The average molecular weight is 393 g/mol. The van der Waals surface area contributed by atoms with Gasteiger partial charge in [-0.1, -0.05) is 38.1 Å². The van der Waals surface area contributed by atoms with Crippen LogP contribution in [0.1, 0.15) is 56.7 Å². The van der Waals surface area contributed by atoms with Crippen LogP contribution in [0.2, 0.25) is 0 Å². The number of rotatable bonds is 8. The van der Waals surface area contributed by atoms with Crippen molar-refractivity contribution in [1.29, 1.82) is 0 Å². The van der Waals surface area contributed by atoms with Crippen LogP contribution in [-0.4, -0.2) is 25.6 Å². The molecule has 0 aromatic heterocycles. The second-order valence-electron chi connectivity index (χ2n) is 8.90. The predicted molar refractivity (Wildman–Crippen MR) is 117 cm³/mol. The lowest BCUT2D eigenvalue weighted by atomic mass is 9.90.